The number of hydrogen-bond donors (Lipinski definition) is 2. The average molecular weight is 479 g/mol. The molecule has 5 nitrogen and oxygen atoms in total. The molecule has 0 aliphatic heterocycles. The highest BCUT2D eigenvalue weighted by Crippen LogP contribution is 2.28. The summed E-state index contributed by atoms with van der Waals surface area (Å²) in [6, 6.07) is 8.16. The molecule has 0 spiro atoms. The van der Waals surface area contributed by atoms with Crippen LogP contribution in [0.1, 0.15) is 26.2 Å². The molecule has 1 aromatic rings. The van der Waals surface area contributed by atoms with Crippen LogP contribution in [0.3, 0.4) is 0 Å². The Morgan fingerprint density at radius 1 is 1.28 bits per heavy atom. The zero-order chi connectivity index (χ0) is 17.4. The van der Waals surface area contributed by atoms with E-state index in [1.54, 1.807) is 7.11 Å². The molecule has 0 heterocycles. The quantitative estimate of drug-likeness (QED) is 0.356. The van der Waals surface area contributed by atoms with E-state index in [1.165, 1.54) is 19.3 Å². The molecule has 1 saturated carbocycles. The maximum Gasteiger partial charge on any atom is 0.191 e. The monoisotopic (exact) mass is 479 g/mol. The van der Waals surface area contributed by atoms with Gasteiger partial charge in [-0.3, -0.25) is 4.99 Å². The van der Waals surface area contributed by atoms with E-state index in [0.29, 0.717) is 12.6 Å². The number of aliphatic imine (C=N–C) groups is 1. The van der Waals surface area contributed by atoms with Gasteiger partial charge < -0.3 is 20.1 Å². The molecule has 3 unspecified atom stereocenters. The van der Waals surface area contributed by atoms with E-state index in [1.807, 2.05) is 50.0 Å². The Morgan fingerprint density at radius 3 is 2.52 bits per heavy atom. The van der Waals surface area contributed by atoms with Crippen LogP contribution < -0.4 is 20.1 Å². The lowest BCUT2D eigenvalue weighted by Crippen LogP contribution is -2.45. The first-order valence-corrected chi connectivity index (χ1v) is 9.74. The predicted molar refractivity (Wildman–Crippen MR) is 118 cm³/mol. The van der Waals surface area contributed by atoms with Crippen molar-refractivity contribution in [2.24, 2.45) is 4.99 Å². The zero-order valence-electron chi connectivity index (χ0n) is 15.5. The number of rotatable bonds is 7. The molecule has 1 aliphatic rings. The number of thioether (sulfide) groups is 1. The van der Waals surface area contributed by atoms with Gasteiger partial charge in [0.25, 0.3) is 0 Å². The zero-order valence-corrected chi connectivity index (χ0v) is 18.6. The molecule has 142 valence electrons. The summed E-state index contributed by atoms with van der Waals surface area (Å²) < 4.78 is 11.1. The van der Waals surface area contributed by atoms with Crippen LogP contribution in [0.15, 0.2) is 29.3 Å². The fourth-order valence-electron chi connectivity index (χ4n) is 2.84. The van der Waals surface area contributed by atoms with Crippen LogP contribution in [0.4, 0.5) is 0 Å². The van der Waals surface area contributed by atoms with Gasteiger partial charge in [0.1, 0.15) is 17.6 Å². The normalized spacial score (nSPS) is 21.2. The fourth-order valence-corrected chi connectivity index (χ4v) is 3.64. The smallest absolute Gasteiger partial charge is 0.191 e. The summed E-state index contributed by atoms with van der Waals surface area (Å²) in [5, 5.41) is 7.65. The molecule has 1 fully saturated rings. The minimum Gasteiger partial charge on any atom is -0.497 e. The van der Waals surface area contributed by atoms with Gasteiger partial charge in [-0.15, -0.1) is 24.0 Å². The lowest BCUT2D eigenvalue weighted by atomic mass is 10.2. The molecular weight excluding hydrogens is 449 g/mol. The van der Waals surface area contributed by atoms with Crippen molar-refractivity contribution < 1.29 is 9.47 Å². The van der Waals surface area contributed by atoms with Crippen LogP contribution in [0, 0.1) is 0 Å². The van der Waals surface area contributed by atoms with Crippen molar-refractivity contribution in [3.63, 3.8) is 0 Å². The number of benzene rings is 1. The van der Waals surface area contributed by atoms with Gasteiger partial charge in [-0.25, -0.2) is 0 Å². The predicted octanol–water partition coefficient (Wildman–Crippen LogP) is 3.53. The summed E-state index contributed by atoms with van der Waals surface area (Å²) in [5.41, 5.74) is 0. The highest BCUT2D eigenvalue weighted by atomic mass is 127. The van der Waals surface area contributed by atoms with Gasteiger partial charge in [-0.2, -0.15) is 11.8 Å². The second kappa shape index (κ2) is 11.7. The Morgan fingerprint density at radius 2 is 1.96 bits per heavy atom. The van der Waals surface area contributed by atoms with Gasteiger partial charge in [0, 0.05) is 18.3 Å². The number of halogens is 1. The van der Waals surface area contributed by atoms with Crippen molar-refractivity contribution in [3.8, 4) is 11.5 Å². The average Bonchev–Trinajstić information content (AvgIpc) is 3.07. The largest absolute Gasteiger partial charge is 0.497 e. The number of ether oxygens (including phenoxy) is 2. The first-order chi connectivity index (χ1) is 11.6. The molecule has 0 bridgehead atoms. The summed E-state index contributed by atoms with van der Waals surface area (Å²) in [5.74, 6) is 2.52. The third-order valence-electron chi connectivity index (χ3n) is 4.24. The summed E-state index contributed by atoms with van der Waals surface area (Å²) in [6.07, 6.45) is 5.94. The van der Waals surface area contributed by atoms with Crippen molar-refractivity contribution in [3.05, 3.63) is 24.3 Å². The van der Waals surface area contributed by atoms with Crippen LogP contribution in [0.25, 0.3) is 0 Å². The minimum absolute atomic E-state index is 0. The molecule has 2 N–H and O–H groups in total. The summed E-state index contributed by atoms with van der Waals surface area (Å²) in [6.45, 7) is 2.74. The van der Waals surface area contributed by atoms with Crippen molar-refractivity contribution >= 4 is 41.7 Å². The molecule has 1 aromatic carbocycles. The standard InChI is InChI=1S/C18H29N3O2S.HI/c1-13(23-16-8-6-15(22-3)7-9-16)12-20-18(19-2)21-14-5-10-17(11-14)24-4;/h6-9,13-14,17H,5,10-12H2,1-4H3,(H2,19,20,21);1H. The number of nitrogens with zero attached hydrogens (tertiary/aromatic N) is 1. The molecule has 0 aromatic heterocycles. The molecule has 1 aliphatic carbocycles. The fraction of sp³-hybridized carbons (Fsp3) is 0.611. The van der Waals surface area contributed by atoms with Crippen LogP contribution >= 0.6 is 35.7 Å². The summed E-state index contributed by atoms with van der Waals surface area (Å²) in [7, 11) is 3.47. The topological polar surface area (TPSA) is 54.9 Å². The van der Waals surface area contributed by atoms with Gasteiger partial charge in [0.2, 0.25) is 0 Å². The Bertz CT molecular complexity index is 528. The van der Waals surface area contributed by atoms with Crippen molar-refractivity contribution in [2.75, 3.05) is 27.0 Å². The number of nitrogens with one attached hydrogen (secondary N) is 2. The van der Waals surface area contributed by atoms with E-state index in [4.69, 9.17) is 9.47 Å². The Labute approximate surface area is 172 Å². The minimum atomic E-state index is 0. The summed E-state index contributed by atoms with van der Waals surface area (Å²) >= 11 is 1.96. The lowest BCUT2D eigenvalue weighted by Gasteiger charge is -2.20. The van der Waals surface area contributed by atoms with Gasteiger partial charge in [0.15, 0.2) is 5.96 Å². The van der Waals surface area contributed by atoms with Gasteiger partial charge in [-0.05, 0) is 56.7 Å². The molecule has 0 radical (unpaired) electrons. The number of hydrogen-bond acceptors (Lipinski definition) is 4. The maximum absolute atomic E-state index is 5.91. The number of guanidine groups is 1. The Balaban J connectivity index is 0.00000312. The highest BCUT2D eigenvalue weighted by molar-refractivity contribution is 14.0. The molecule has 2 rings (SSSR count). The lowest BCUT2D eigenvalue weighted by molar-refractivity contribution is 0.223. The third kappa shape index (κ3) is 7.52. The van der Waals surface area contributed by atoms with E-state index < -0.39 is 0 Å². The van der Waals surface area contributed by atoms with Crippen LogP contribution in [0.2, 0.25) is 0 Å². The van der Waals surface area contributed by atoms with Crippen molar-refractivity contribution in [2.45, 2.75) is 43.6 Å². The number of methoxy groups -OCH3 is 1. The third-order valence-corrected chi connectivity index (χ3v) is 5.33. The van der Waals surface area contributed by atoms with Gasteiger partial charge in [-0.1, -0.05) is 0 Å². The molecule has 7 heteroatoms. The molecule has 25 heavy (non-hydrogen) atoms. The Hall–Kier alpha value is -0.830. The van der Waals surface area contributed by atoms with Gasteiger partial charge >= 0.3 is 0 Å². The van der Waals surface area contributed by atoms with E-state index in [2.05, 4.69) is 21.9 Å². The SMILES string of the molecule is CN=C(NCC(C)Oc1ccc(OC)cc1)NC1CCC(SC)C1.I. The summed E-state index contributed by atoms with van der Waals surface area (Å²) in [4.78, 5) is 4.32. The van der Waals surface area contributed by atoms with E-state index >= 15 is 0 Å². The molecule has 3 atom stereocenters. The Kier molecular flexibility index (Phi) is 10.4. The van der Waals surface area contributed by atoms with Gasteiger partial charge in [0.05, 0.1) is 13.7 Å². The van der Waals surface area contributed by atoms with Crippen LogP contribution in [0.5, 0.6) is 11.5 Å². The maximum atomic E-state index is 5.91. The first-order valence-electron chi connectivity index (χ1n) is 8.45. The molecular formula is C18H30IN3O2S. The van der Waals surface area contributed by atoms with Crippen LogP contribution in [-0.2, 0) is 0 Å². The first kappa shape index (κ1) is 22.2. The van der Waals surface area contributed by atoms with E-state index in [9.17, 15) is 0 Å². The molecule has 0 amide bonds. The second-order valence-corrected chi connectivity index (χ2v) is 7.21. The molecule has 0 saturated heterocycles. The van der Waals surface area contributed by atoms with E-state index in [-0.39, 0.29) is 30.1 Å². The van der Waals surface area contributed by atoms with Crippen molar-refractivity contribution in [1.82, 2.24) is 10.6 Å². The second-order valence-electron chi connectivity index (χ2n) is 6.07. The highest BCUT2D eigenvalue weighted by Gasteiger charge is 2.24. The van der Waals surface area contributed by atoms with E-state index in [0.717, 1.165) is 22.7 Å². The van der Waals surface area contributed by atoms with Crippen LogP contribution in [-0.4, -0.2) is 50.3 Å². The van der Waals surface area contributed by atoms with Crippen molar-refractivity contribution in [1.29, 1.82) is 0 Å².